The van der Waals surface area contributed by atoms with Gasteiger partial charge in [0.2, 0.25) is 5.91 Å². The number of hydrogen-bond acceptors (Lipinski definition) is 7. The van der Waals surface area contributed by atoms with Crippen LogP contribution in [0.15, 0.2) is 53.9 Å². The largest absolute Gasteiger partial charge is 0.383 e. The molecule has 220 valence electrons. The Morgan fingerprint density at radius 1 is 1.10 bits per heavy atom. The first-order valence-electron chi connectivity index (χ1n) is 15.1. The Morgan fingerprint density at radius 3 is 2.73 bits per heavy atom. The molecule has 0 aromatic carbocycles. The fraction of sp³-hybridized carbons (Fsp3) is 0.581. The first-order valence-corrected chi connectivity index (χ1v) is 15.1. The van der Waals surface area contributed by atoms with E-state index in [0.717, 1.165) is 69.7 Å². The number of ether oxygens (including phenoxy) is 2. The van der Waals surface area contributed by atoms with Crippen molar-refractivity contribution in [1.29, 1.82) is 0 Å². The van der Waals surface area contributed by atoms with Crippen LogP contribution in [0.1, 0.15) is 38.5 Å². The van der Waals surface area contributed by atoms with E-state index in [1.165, 1.54) is 5.57 Å². The lowest BCUT2D eigenvalue weighted by Crippen LogP contribution is -2.55. The number of likely N-dealkylation sites (tertiary alicyclic amines) is 1. The quantitative estimate of drug-likeness (QED) is 0.489. The number of hydrogen-bond donors (Lipinski definition) is 3. The molecule has 3 aliphatic heterocycles. The standard InChI is InChI=1S/C31H42N6O4/c1-40-20-27-23-13-14-37(29(23)22-7-3-2-4-9-25(22)34-27)30(38)24-8-5-6-10-26(24)35-31(39)33-21-11-12-28(32-19-21)36-15-17-41-18-16-36/h3-4,7,9,11-12,19,23-24,26-27,29,34H,2,5-6,8,10,13-18,20H2,1H3,(H2,33,35,39)/t23-,24+,26-,27?,29+/m1/s1. The number of allylic oxidation sites excluding steroid dienone is 3. The number of morpholine rings is 1. The highest BCUT2D eigenvalue weighted by Crippen LogP contribution is 2.40. The molecule has 4 heterocycles. The molecule has 1 saturated carbocycles. The Morgan fingerprint density at radius 2 is 1.93 bits per heavy atom. The summed E-state index contributed by atoms with van der Waals surface area (Å²) in [6.45, 7) is 4.34. The third kappa shape index (κ3) is 5.99. The normalized spacial score (nSPS) is 29.3. The summed E-state index contributed by atoms with van der Waals surface area (Å²) in [6.07, 6.45) is 15.7. The number of nitrogens with one attached hydrogen (secondary N) is 3. The summed E-state index contributed by atoms with van der Waals surface area (Å²) >= 11 is 0. The topological polar surface area (TPSA) is 108 Å². The lowest BCUT2D eigenvalue weighted by atomic mass is 9.81. The van der Waals surface area contributed by atoms with Gasteiger partial charge in [-0.3, -0.25) is 4.79 Å². The molecule has 10 nitrogen and oxygen atoms in total. The number of amides is 3. The summed E-state index contributed by atoms with van der Waals surface area (Å²) in [6, 6.07) is 3.48. The van der Waals surface area contributed by atoms with Crippen LogP contribution in [0.5, 0.6) is 0 Å². The molecule has 3 fully saturated rings. The van der Waals surface area contributed by atoms with Crippen molar-refractivity contribution in [2.75, 3.05) is 56.8 Å². The summed E-state index contributed by atoms with van der Waals surface area (Å²) < 4.78 is 11.0. The maximum absolute atomic E-state index is 14.2. The number of pyridine rings is 1. The predicted molar refractivity (Wildman–Crippen MR) is 158 cm³/mol. The number of fused-ring (bicyclic) bond motifs is 2. The van der Waals surface area contributed by atoms with Crippen LogP contribution < -0.4 is 20.9 Å². The Hall–Kier alpha value is -3.37. The van der Waals surface area contributed by atoms with Gasteiger partial charge in [-0.25, -0.2) is 9.78 Å². The van der Waals surface area contributed by atoms with Crippen LogP contribution in [0.4, 0.5) is 16.3 Å². The minimum atomic E-state index is -0.293. The highest BCUT2D eigenvalue weighted by atomic mass is 16.5. The molecule has 5 aliphatic rings. The van der Waals surface area contributed by atoms with Crippen molar-refractivity contribution in [3.05, 3.63) is 53.9 Å². The zero-order valence-corrected chi connectivity index (χ0v) is 23.9. The zero-order valence-electron chi connectivity index (χ0n) is 23.9. The van der Waals surface area contributed by atoms with E-state index < -0.39 is 0 Å². The van der Waals surface area contributed by atoms with Crippen LogP contribution in [-0.2, 0) is 14.3 Å². The van der Waals surface area contributed by atoms with E-state index in [1.54, 1.807) is 13.3 Å². The van der Waals surface area contributed by atoms with Crippen LogP contribution in [0.2, 0.25) is 0 Å². The molecular weight excluding hydrogens is 520 g/mol. The molecule has 5 atom stereocenters. The van der Waals surface area contributed by atoms with Gasteiger partial charge in [-0.05, 0) is 49.5 Å². The van der Waals surface area contributed by atoms with E-state index in [1.807, 2.05) is 12.1 Å². The summed E-state index contributed by atoms with van der Waals surface area (Å²) in [4.78, 5) is 36.1. The number of urea groups is 1. The molecule has 3 amide bonds. The van der Waals surface area contributed by atoms with E-state index in [0.29, 0.717) is 31.4 Å². The van der Waals surface area contributed by atoms with Crippen LogP contribution in [0, 0.1) is 11.8 Å². The second-order valence-electron chi connectivity index (χ2n) is 11.6. The lowest BCUT2D eigenvalue weighted by Gasteiger charge is -2.41. The van der Waals surface area contributed by atoms with Gasteiger partial charge in [-0.15, -0.1) is 0 Å². The molecule has 1 aromatic heterocycles. The van der Waals surface area contributed by atoms with Gasteiger partial charge in [0.25, 0.3) is 0 Å². The second-order valence-corrected chi connectivity index (χ2v) is 11.6. The Balaban J connectivity index is 1.13. The van der Waals surface area contributed by atoms with Crippen molar-refractivity contribution >= 4 is 23.4 Å². The molecule has 2 aliphatic carbocycles. The van der Waals surface area contributed by atoms with Gasteiger partial charge < -0.3 is 35.2 Å². The highest BCUT2D eigenvalue weighted by Gasteiger charge is 2.48. The molecule has 1 unspecified atom stereocenters. The van der Waals surface area contributed by atoms with Crippen molar-refractivity contribution in [2.45, 2.75) is 56.7 Å². The van der Waals surface area contributed by atoms with E-state index in [9.17, 15) is 9.59 Å². The molecular formula is C31H42N6O4. The van der Waals surface area contributed by atoms with Gasteiger partial charge in [0.1, 0.15) is 5.82 Å². The predicted octanol–water partition coefficient (Wildman–Crippen LogP) is 3.20. The minimum absolute atomic E-state index is 0.0189. The number of carbonyl (C=O) groups excluding carboxylic acids is 2. The minimum Gasteiger partial charge on any atom is -0.383 e. The number of nitrogens with zero attached hydrogens (tertiary/aromatic N) is 3. The fourth-order valence-electron chi connectivity index (χ4n) is 7.16. The molecule has 1 aromatic rings. The lowest BCUT2D eigenvalue weighted by molar-refractivity contribution is -0.138. The van der Waals surface area contributed by atoms with E-state index in [4.69, 9.17) is 9.47 Å². The maximum atomic E-state index is 14.2. The Labute approximate surface area is 242 Å². The van der Waals surface area contributed by atoms with Crippen molar-refractivity contribution in [2.24, 2.45) is 11.8 Å². The molecule has 10 heteroatoms. The van der Waals surface area contributed by atoms with Gasteiger partial charge in [-0.2, -0.15) is 0 Å². The molecule has 0 radical (unpaired) electrons. The van der Waals surface area contributed by atoms with Gasteiger partial charge in [0.05, 0.1) is 49.7 Å². The summed E-state index contributed by atoms with van der Waals surface area (Å²) in [5.74, 6) is 1.09. The van der Waals surface area contributed by atoms with Gasteiger partial charge in [-0.1, -0.05) is 31.1 Å². The Bertz CT molecular complexity index is 1190. The van der Waals surface area contributed by atoms with Crippen molar-refractivity contribution in [3.63, 3.8) is 0 Å². The fourth-order valence-corrected chi connectivity index (χ4v) is 7.16. The maximum Gasteiger partial charge on any atom is 0.319 e. The molecule has 41 heavy (non-hydrogen) atoms. The van der Waals surface area contributed by atoms with Crippen LogP contribution in [0.3, 0.4) is 0 Å². The van der Waals surface area contributed by atoms with Crippen molar-refractivity contribution in [1.82, 2.24) is 20.5 Å². The SMILES string of the molecule is COCC1NC2=C(C=CCC=C2)[C@H]2[C@@H]1CCN2C(=O)[C@H]1CCCC[C@H]1NC(=O)Nc1ccc(N2CCOCC2)nc1. The molecule has 2 saturated heterocycles. The molecule has 0 spiro atoms. The van der Waals surface area contributed by atoms with E-state index in [2.05, 4.69) is 55.0 Å². The number of anilines is 2. The summed E-state index contributed by atoms with van der Waals surface area (Å²) in [7, 11) is 1.74. The Kier molecular flexibility index (Phi) is 8.57. The van der Waals surface area contributed by atoms with Gasteiger partial charge >= 0.3 is 6.03 Å². The first-order chi connectivity index (χ1) is 20.1. The van der Waals surface area contributed by atoms with Crippen LogP contribution in [0.25, 0.3) is 0 Å². The average Bonchev–Trinajstić information content (AvgIpc) is 3.31. The third-order valence-corrected chi connectivity index (χ3v) is 9.16. The van der Waals surface area contributed by atoms with Gasteiger partial charge in [0.15, 0.2) is 0 Å². The monoisotopic (exact) mass is 562 g/mol. The highest BCUT2D eigenvalue weighted by molar-refractivity contribution is 5.90. The van der Waals surface area contributed by atoms with Crippen LogP contribution in [-0.4, -0.2) is 86.5 Å². The average molecular weight is 563 g/mol. The molecule has 0 bridgehead atoms. The van der Waals surface area contributed by atoms with Crippen molar-refractivity contribution in [3.8, 4) is 0 Å². The van der Waals surface area contributed by atoms with Crippen LogP contribution >= 0.6 is 0 Å². The summed E-state index contributed by atoms with van der Waals surface area (Å²) in [5.41, 5.74) is 2.91. The zero-order chi connectivity index (χ0) is 28.2. The van der Waals surface area contributed by atoms with Gasteiger partial charge in [0, 0.05) is 44.4 Å². The second kappa shape index (κ2) is 12.7. The number of rotatable bonds is 6. The third-order valence-electron chi connectivity index (χ3n) is 9.16. The van der Waals surface area contributed by atoms with E-state index in [-0.39, 0.29) is 36.0 Å². The first kappa shape index (κ1) is 27.8. The molecule has 6 rings (SSSR count). The number of carbonyl (C=O) groups is 2. The number of methoxy groups -OCH3 is 1. The summed E-state index contributed by atoms with van der Waals surface area (Å²) in [5, 5.41) is 9.76. The van der Waals surface area contributed by atoms with E-state index >= 15 is 0 Å². The smallest absolute Gasteiger partial charge is 0.319 e. The number of aromatic nitrogens is 1. The van der Waals surface area contributed by atoms with Crippen molar-refractivity contribution < 1.29 is 19.1 Å². The molecule has 3 N–H and O–H groups in total.